The summed E-state index contributed by atoms with van der Waals surface area (Å²) in [6.45, 7) is 5.87. The van der Waals surface area contributed by atoms with E-state index >= 15 is 0 Å². The van der Waals surface area contributed by atoms with Gasteiger partial charge in [-0.2, -0.15) is 0 Å². The van der Waals surface area contributed by atoms with Crippen LogP contribution in [0.2, 0.25) is 0 Å². The average Bonchev–Trinajstić information content (AvgIpc) is 2.78. The average molecular weight is 237 g/mol. The topological polar surface area (TPSA) is 50.1 Å². The Hall–Kier alpha value is -0.870. The first-order valence-electron chi connectivity index (χ1n) is 6.61. The van der Waals surface area contributed by atoms with Crippen LogP contribution in [0.3, 0.4) is 0 Å². The lowest BCUT2D eigenvalue weighted by Crippen LogP contribution is -2.40. The summed E-state index contributed by atoms with van der Waals surface area (Å²) in [6.07, 6.45) is 8.10. The maximum atomic E-state index is 10.6. The van der Waals surface area contributed by atoms with E-state index in [4.69, 9.17) is 0 Å². The molecule has 0 aromatic carbocycles. The summed E-state index contributed by atoms with van der Waals surface area (Å²) >= 11 is 0. The first kappa shape index (κ1) is 12.6. The first-order valence-corrected chi connectivity index (χ1v) is 6.61. The van der Waals surface area contributed by atoms with Crippen LogP contribution in [0.25, 0.3) is 0 Å². The maximum Gasteiger partial charge on any atom is 0.140 e. The summed E-state index contributed by atoms with van der Waals surface area (Å²) < 4.78 is 2.02. The molecule has 0 saturated carbocycles. The molecule has 0 radical (unpaired) electrons. The van der Waals surface area contributed by atoms with Gasteiger partial charge in [0.25, 0.3) is 0 Å². The largest absolute Gasteiger partial charge is 0.382 e. The van der Waals surface area contributed by atoms with Crippen LogP contribution in [0, 0.1) is 0 Å². The highest BCUT2D eigenvalue weighted by atomic mass is 16.3. The number of aromatic nitrogens is 2. The first-order chi connectivity index (χ1) is 8.13. The Labute approximate surface area is 103 Å². The van der Waals surface area contributed by atoms with Gasteiger partial charge in [0.2, 0.25) is 0 Å². The Morgan fingerprint density at radius 3 is 3.06 bits per heavy atom. The lowest BCUT2D eigenvalue weighted by molar-refractivity contribution is 0.0214. The summed E-state index contributed by atoms with van der Waals surface area (Å²) in [6, 6.07) is 0.417. The zero-order valence-corrected chi connectivity index (χ0v) is 10.8. The molecule has 17 heavy (non-hydrogen) atoms. The minimum absolute atomic E-state index is 0.417. The van der Waals surface area contributed by atoms with Gasteiger partial charge in [-0.1, -0.05) is 6.42 Å². The van der Waals surface area contributed by atoms with Gasteiger partial charge in [-0.25, -0.2) is 4.98 Å². The van der Waals surface area contributed by atoms with Crippen molar-refractivity contribution < 1.29 is 5.11 Å². The van der Waals surface area contributed by atoms with E-state index in [-0.39, 0.29) is 0 Å². The molecule has 0 amide bonds. The molecular formula is C13H23N3O. The summed E-state index contributed by atoms with van der Waals surface area (Å²) in [5.41, 5.74) is -0.839. The molecule has 2 N–H and O–H groups in total. The molecule has 0 bridgehead atoms. The van der Waals surface area contributed by atoms with Crippen molar-refractivity contribution in [1.82, 2.24) is 14.9 Å². The number of imidazole rings is 1. The van der Waals surface area contributed by atoms with Crippen molar-refractivity contribution in [3.8, 4) is 0 Å². The predicted octanol–water partition coefficient (Wildman–Crippen LogP) is 1.64. The minimum Gasteiger partial charge on any atom is -0.382 e. The van der Waals surface area contributed by atoms with E-state index in [0.717, 1.165) is 31.8 Å². The van der Waals surface area contributed by atoms with E-state index in [1.807, 2.05) is 17.7 Å². The molecule has 1 aliphatic rings. The summed E-state index contributed by atoms with van der Waals surface area (Å²) in [4.78, 5) is 4.31. The zero-order valence-electron chi connectivity index (χ0n) is 10.8. The number of nitrogens with zero attached hydrogens (tertiary/aromatic N) is 2. The monoisotopic (exact) mass is 237 g/mol. The molecule has 1 fully saturated rings. The van der Waals surface area contributed by atoms with E-state index in [9.17, 15) is 5.11 Å². The van der Waals surface area contributed by atoms with Crippen molar-refractivity contribution >= 4 is 0 Å². The van der Waals surface area contributed by atoms with Crippen molar-refractivity contribution in [2.75, 3.05) is 6.54 Å². The minimum atomic E-state index is -0.839. The molecule has 4 heteroatoms. The number of aliphatic hydroxyl groups is 1. The zero-order chi connectivity index (χ0) is 12.3. The number of hydrogen-bond acceptors (Lipinski definition) is 3. The number of piperidine rings is 1. The van der Waals surface area contributed by atoms with Crippen LogP contribution < -0.4 is 5.32 Å². The second-order valence-electron chi connectivity index (χ2n) is 5.16. The van der Waals surface area contributed by atoms with Crippen LogP contribution in [0.1, 0.15) is 45.4 Å². The molecule has 96 valence electrons. The lowest BCUT2D eigenvalue weighted by atomic mass is 9.91. The molecule has 2 unspecified atom stereocenters. The molecule has 2 rings (SSSR count). The van der Waals surface area contributed by atoms with Gasteiger partial charge < -0.3 is 15.0 Å². The molecule has 2 heterocycles. The lowest BCUT2D eigenvalue weighted by Gasteiger charge is -2.31. The van der Waals surface area contributed by atoms with Gasteiger partial charge in [0.1, 0.15) is 11.4 Å². The third kappa shape index (κ3) is 2.87. The number of aryl methyl sites for hydroxylation is 1. The normalized spacial score (nSPS) is 24.5. The molecule has 0 spiro atoms. The number of rotatable bonds is 4. The van der Waals surface area contributed by atoms with E-state index in [1.54, 1.807) is 6.20 Å². The third-order valence-corrected chi connectivity index (χ3v) is 3.59. The van der Waals surface area contributed by atoms with E-state index in [1.165, 1.54) is 12.8 Å². The highest BCUT2D eigenvalue weighted by Gasteiger charge is 2.31. The predicted molar refractivity (Wildman–Crippen MR) is 67.7 cm³/mol. The Balaban J connectivity index is 2.06. The number of hydrogen-bond donors (Lipinski definition) is 2. The van der Waals surface area contributed by atoms with E-state index < -0.39 is 5.60 Å². The van der Waals surface area contributed by atoms with Crippen molar-refractivity contribution in [2.45, 2.75) is 57.7 Å². The Kier molecular flexibility index (Phi) is 3.84. The molecule has 2 atom stereocenters. The van der Waals surface area contributed by atoms with E-state index in [0.29, 0.717) is 6.04 Å². The molecule has 1 saturated heterocycles. The van der Waals surface area contributed by atoms with Crippen LogP contribution in [-0.4, -0.2) is 27.2 Å². The van der Waals surface area contributed by atoms with Gasteiger partial charge >= 0.3 is 0 Å². The molecule has 1 aromatic rings. The van der Waals surface area contributed by atoms with Crippen molar-refractivity contribution in [2.24, 2.45) is 0 Å². The van der Waals surface area contributed by atoms with Crippen LogP contribution in [-0.2, 0) is 12.1 Å². The second-order valence-corrected chi connectivity index (χ2v) is 5.16. The summed E-state index contributed by atoms with van der Waals surface area (Å²) in [7, 11) is 0. The Bertz CT molecular complexity index is 353. The highest BCUT2D eigenvalue weighted by molar-refractivity contribution is 5.04. The third-order valence-electron chi connectivity index (χ3n) is 3.59. The van der Waals surface area contributed by atoms with Crippen LogP contribution in [0.5, 0.6) is 0 Å². The van der Waals surface area contributed by atoms with Gasteiger partial charge in [0.15, 0.2) is 0 Å². The molecule has 0 aliphatic carbocycles. The summed E-state index contributed by atoms with van der Waals surface area (Å²) in [5.74, 6) is 0.785. The fourth-order valence-electron chi connectivity index (χ4n) is 2.70. The standard InChI is InChI=1S/C13H23N3O/c1-3-16-9-8-15-12(16)13(2,17)10-11-6-4-5-7-14-11/h8-9,11,14,17H,3-7,10H2,1-2H3. The van der Waals surface area contributed by atoms with Gasteiger partial charge in [-0.05, 0) is 39.7 Å². The van der Waals surface area contributed by atoms with E-state index in [2.05, 4.69) is 17.2 Å². The van der Waals surface area contributed by atoms with Gasteiger partial charge in [0, 0.05) is 25.0 Å². The Morgan fingerprint density at radius 1 is 1.59 bits per heavy atom. The fraction of sp³-hybridized carbons (Fsp3) is 0.769. The van der Waals surface area contributed by atoms with Crippen LogP contribution in [0.4, 0.5) is 0 Å². The number of nitrogens with one attached hydrogen (secondary N) is 1. The molecular weight excluding hydrogens is 214 g/mol. The smallest absolute Gasteiger partial charge is 0.140 e. The van der Waals surface area contributed by atoms with Crippen molar-refractivity contribution in [3.63, 3.8) is 0 Å². The highest BCUT2D eigenvalue weighted by Crippen LogP contribution is 2.27. The van der Waals surface area contributed by atoms with Crippen molar-refractivity contribution in [1.29, 1.82) is 0 Å². The van der Waals surface area contributed by atoms with Gasteiger partial charge in [0.05, 0.1) is 0 Å². The van der Waals surface area contributed by atoms with Gasteiger partial charge in [-0.15, -0.1) is 0 Å². The molecule has 4 nitrogen and oxygen atoms in total. The fourth-order valence-corrected chi connectivity index (χ4v) is 2.70. The molecule has 1 aliphatic heterocycles. The Morgan fingerprint density at radius 2 is 2.41 bits per heavy atom. The second kappa shape index (κ2) is 5.19. The van der Waals surface area contributed by atoms with Crippen LogP contribution in [0.15, 0.2) is 12.4 Å². The maximum absolute atomic E-state index is 10.6. The van der Waals surface area contributed by atoms with Crippen molar-refractivity contribution in [3.05, 3.63) is 18.2 Å². The summed E-state index contributed by atoms with van der Waals surface area (Å²) in [5, 5.41) is 14.1. The molecule has 1 aromatic heterocycles. The SMILES string of the molecule is CCn1ccnc1C(C)(O)CC1CCCCN1. The van der Waals surface area contributed by atoms with Crippen LogP contribution >= 0.6 is 0 Å². The quantitative estimate of drug-likeness (QED) is 0.837. The van der Waals surface area contributed by atoms with Gasteiger partial charge in [-0.3, -0.25) is 0 Å².